The molecule has 0 radical (unpaired) electrons. The highest BCUT2D eigenvalue weighted by Crippen LogP contribution is 2.31. The third-order valence-corrected chi connectivity index (χ3v) is 3.80. The molecule has 2 aromatic rings. The first-order chi connectivity index (χ1) is 8.50. The van der Waals surface area contributed by atoms with Gasteiger partial charge in [-0.25, -0.2) is 4.98 Å². The van der Waals surface area contributed by atoms with Gasteiger partial charge < -0.3 is 0 Å². The van der Waals surface area contributed by atoms with Crippen molar-refractivity contribution >= 4 is 23.6 Å². The summed E-state index contributed by atoms with van der Waals surface area (Å²) in [7, 11) is 0. The van der Waals surface area contributed by atoms with Crippen molar-refractivity contribution in [2.45, 2.75) is 40.2 Å². The van der Waals surface area contributed by atoms with Crippen molar-refractivity contribution in [3.63, 3.8) is 0 Å². The number of aromatic amines is 1. The molecule has 0 aliphatic carbocycles. The van der Waals surface area contributed by atoms with Crippen molar-refractivity contribution in [2.24, 2.45) is 5.92 Å². The molecule has 6 heteroatoms. The monoisotopic (exact) mass is 282 g/mol. The Kier molecular flexibility index (Phi) is 3.97. The van der Waals surface area contributed by atoms with Crippen molar-refractivity contribution in [1.82, 2.24) is 19.7 Å². The third-order valence-electron chi connectivity index (χ3n) is 2.65. The Hall–Kier alpha value is -1.01. The Bertz CT molecular complexity index is 577. The van der Waals surface area contributed by atoms with E-state index in [1.54, 1.807) is 11.3 Å². The largest absolute Gasteiger partial charge is 0.299 e. The van der Waals surface area contributed by atoms with E-state index in [9.17, 15) is 0 Å². The maximum absolute atomic E-state index is 5.30. The molecule has 0 unspecified atom stereocenters. The van der Waals surface area contributed by atoms with Crippen LogP contribution in [0.15, 0.2) is 5.51 Å². The maximum atomic E-state index is 5.30. The maximum Gasteiger partial charge on any atom is 0.195 e. The number of nitrogens with zero attached hydrogens (tertiary/aromatic N) is 3. The van der Waals surface area contributed by atoms with Gasteiger partial charge in [0.1, 0.15) is 0 Å². The molecule has 98 valence electrons. The third kappa shape index (κ3) is 2.54. The van der Waals surface area contributed by atoms with Crippen molar-refractivity contribution in [1.29, 1.82) is 0 Å². The molecule has 2 rings (SSSR count). The van der Waals surface area contributed by atoms with Crippen molar-refractivity contribution in [3.8, 4) is 10.7 Å². The van der Waals surface area contributed by atoms with E-state index in [0.29, 0.717) is 16.6 Å². The number of aromatic nitrogens is 4. The zero-order chi connectivity index (χ0) is 13.3. The fourth-order valence-electron chi connectivity index (χ4n) is 1.86. The van der Waals surface area contributed by atoms with E-state index in [1.807, 2.05) is 5.51 Å². The summed E-state index contributed by atoms with van der Waals surface area (Å²) in [5.74, 6) is 1.84. The molecule has 1 N–H and O–H groups in total. The molecule has 0 atom stereocenters. The SMILES string of the molecule is CC(C)Cn1c(-c2scnc2C(C)C)n[nH]c1=S. The first kappa shape index (κ1) is 13.4. The van der Waals surface area contributed by atoms with Crippen LogP contribution >= 0.6 is 23.6 Å². The summed E-state index contributed by atoms with van der Waals surface area (Å²) in [6, 6.07) is 0. The summed E-state index contributed by atoms with van der Waals surface area (Å²) in [5, 5.41) is 7.26. The molecule has 2 heterocycles. The molecule has 0 bridgehead atoms. The average molecular weight is 282 g/mol. The number of hydrogen-bond acceptors (Lipinski definition) is 4. The van der Waals surface area contributed by atoms with Crippen LogP contribution in [-0.2, 0) is 6.54 Å². The van der Waals surface area contributed by atoms with E-state index >= 15 is 0 Å². The van der Waals surface area contributed by atoms with Crippen LogP contribution in [0.25, 0.3) is 10.7 Å². The van der Waals surface area contributed by atoms with Crippen LogP contribution < -0.4 is 0 Å². The first-order valence-corrected chi connectivity index (χ1v) is 7.38. The molecular formula is C12H18N4S2. The summed E-state index contributed by atoms with van der Waals surface area (Å²) in [4.78, 5) is 5.56. The van der Waals surface area contributed by atoms with Gasteiger partial charge >= 0.3 is 0 Å². The number of thiazole rings is 1. The van der Waals surface area contributed by atoms with Crippen LogP contribution in [0.2, 0.25) is 0 Å². The summed E-state index contributed by atoms with van der Waals surface area (Å²) < 4.78 is 2.75. The molecule has 0 aliphatic heterocycles. The Balaban J connectivity index is 2.51. The second-order valence-corrected chi connectivity index (χ2v) is 6.32. The van der Waals surface area contributed by atoms with Gasteiger partial charge in [-0.15, -0.1) is 11.3 Å². The van der Waals surface area contributed by atoms with Gasteiger partial charge in [-0.2, -0.15) is 5.10 Å². The molecule has 0 spiro atoms. The topological polar surface area (TPSA) is 46.5 Å². The lowest BCUT2D eigenvalue weighted by atomic mass is 10.1. The fraction of sp³-hybridized carbons (Fsp3) is 0.583. The second-order valence-electron chi connectivity index (χ2n) is 5.08. The number of hydrogen-bond donors (Lipinski definition) is 1. The fourth-order valence-corrected chi connectivity index (χ4v) is 3.01. The van der Waals surface area contributed by atoms with Crippen LogP contribution in [-0.4, -0.2) is 19.7 Å². The predicted octanol–water partition coefficient (Wildman–Crippen LogP) is 3.84. The zero-order valence-electron chi connectivity index (χ0n) is 11.1. The molecule has 0 saturated heterocycles. The van der Waals surface area contributed by atoms with Crippen LogP contribution in [0.3, 0.4) is 0 Å². The lowest BCUT2D eigenvalue weighted by Crippen LogP contribution is -2.07. The van der Waals surface area contributed by atoms with E-state index in [4.69, 9.17) is 12.2 Å². The van der Waals surface area contributed by atoms with E-state index in [0.717, 1.165) is 22.9 Å². The summed E-state index contributed by atoms with van der Waals surface area (Å²) in [5.41, 5.74) is 2.97. The van der Waals surface area contributed by atoms with Crippen molar-refractivity contribution in [3.05, 3.63) is 16.0 Å². The Morgan fingerprint density at radius 1 is 1.39 bits per heavy atom. The minimum Gasteiger partial charge on any atom is -0.299 e. The van der Waals surface area contributed by atoms with Gasteiger partial charge in [0.05, 0.1) is 16.1 Å². The van der Waals surface area contributed by atoms with Crippen molar-refractivity contribution in [2.75, 3.05) is 0 Å². The highest BCUT2D eigenvalue weighted by molar-refractivity contribution is 7.71. The highest BCUT2D eigenvalue weighted by Gasteiger charge is 2.18. The minimum absolute atomic E-state index is 0.393. The van der Waals surface area contributed by atoms with Gasteiger partial charge in [-0.05, 0) is 24.1 Å². The Morgan fingerprint density at radius 3 is 2.72 bits per heavy atom. The standard InChI is InChI=1S/C12H18N4S2/c1-7(2)5-16-11(14-15-12(16)17)10-9(8(3)4)13-6-18-10/h6-8H,5H2,1-4H3,(H,15,17). The summed E-state index contributed by atoms with van der Waals surface area (Å²) in [6.07, 6.45) is 0. The Labute approximate surface area is 116 Å². The molecule has 0 aliphatic rings. The Morgan fingerprint density at radius 2 is 2.11 bits per heavy atom. The molecule has 0 amide bonds. The first-order valence-electron chi connectivity index (χ1n) is 6.09. The highest BCUT2D eigenvalue weighted by atomic mass is 32.1. The molecule has 0 fully saturated rings. The number of H-pyrrole nitrogens is 1. The number of nitrogens with one attached hydrogen (secondary N) is 1. The van der Waals surface area contributed by atoms with E-state index in [1.165, 1.54) is 0 Å². The quantitative estimate of drug-likeness (QED) is 0.867. The zero-order valence-corrected chi connectivity index (χ0v) is 12.7. The molecular weight excluding hydrogens is 264 g/mol. The predicted molar refractivity (Wildman–Crippen MR) is 77.4 cm³/mol. The molecule has 18 heavy (non-hydrogen) atoms. The van der Waals surface area contributed by atoms with Crippen LogP contribution in [0, 0.1) is 10.7 Å². The summed E-state index contributed by atoms with van der Waals surface area (Å²) in [6.45, 7) is 9.52. The van der Waals surface area contributed by atoms with Crippen LogP contribution in [0.4, 0.5) is 0 Å². The minimum atomic E-state index is 0.393. The smallest absolute Gasteiger partial charge is 0.195 e. The molecule has 4 nitrogen and oxygen atoms in total. The van der Waals surface area contributed by atoms with E-state index in [2.05, 4.69) is 47.4 Å². The van der Waals surface area contributed by atoms with Gasteiger partial charge in [0, 0.05) is 6.54 Å². The molecule has 0 saturated carbocycles. The second kappa shape index (κ2) is 5.32. The molecule has 2 aromatic heterocycles. The normalized spacial score (nSPS) is 11.7. The van der Waals surface area contributed by atoms with Gasteiger partial charge in [-0.1, -0.05) is 27.7 Å². The van der Waals surface area contributed by atoms with Gasteiger partial charge in [0.25, 0.3) is 0 Å². The molecule has 0 aromatic carbocycles. The van der Waals surface area contributed by atoms with Crippen molar-refractivity contribution < 1.29 is 0 Å². The van der Waals surface area contributed by atoms with Gasteiger partial charge in [0.2, 0.25) is 0 Å². The van der Waals surface area contributed by atoms with E-state index < -0.39 is 0 Å². The lowest BCUT2D eigenvalue weighted by molar-refractivity contribution is 0.521. The van der Waals surface area contributed by atoms with Gasteiger partial charge in [-0.3, -0.25) is 9.67 Å². The average Bonchev–Trinajstić information content (AvgIpc) is 2.86. The number of rotatable bonds is 4. The van der Waals surface area contributed by atoms with Crippen LogP contribution in [0.5, 0.6) is 0 Å². The van der Waals surface area contributed by atoms with E-state index in [-0.39, 0.29) is 0 Å². The summed E-state index contributed by atoms with van der Waals surface area (Å²) >= 11 is 6.93. The van der Waals surface area contributed by atoms with Gasteiger partial charge in [0.15, 0.2) is 10.6 Å². The van der Waals surface area contributed by atoms with Crippen LogP contribution in [0.1, 0.15) is 39.3 Å². The lowest BCUT2D eigenvalue weighted by Gasteiger charge is -2.10.